The maximum absolute atomic E-state index is 12.9. The second kappa shape index (κ2) is 5.66. The summed E-state index contributed by atoms with van der Waals surface area (Å²) in [7, 11) is 0. The summed E-state index contributed by atoms with van der Waals surface area (Å²) in [5.41, 5.74) is 2.10. The summed E-state index contributed by atoms with van der Waals surface area (Å²) in [6.45, 7) is 5.78. The summed E-state index contributed by atoms with van der Waals surface area (Å²) < 4.78 is 5.56. The Balaban J connectivity index is 1.82. The monoisotopic (exact) mass is 273 g/mol. The molecule has 2 aliphatic rings. The van der Waals surface area contributed by atoms with Crippen LogP contribution in [-0.4, -0.2) is 31.1 Å². The van der Waals surface area contributed by atoms with Crippen molar-refractivity contribution in [1.29, 1.82) is 0 Å². The molecular formula is C17H23NO2. The number of rotatable bonds is 3. The summed E-state index contributed by atoms with van der Waals surface area (Å²) in [4.78, 5) is 12.9. The van der Waals surface area contributed by atoms with Gasteiger partial charge in [0.15, 0.2) is 5.78 Å². The van der Waals surface area contributed by atoms with Crippen LogP contribution < -0.4 is 5.32 Å². The van der Waals surface area contributed by atoms with Crippen molar-refractivity contribution < 1.29 is 9.53 Å². The van der Waals surface area contributed by atoms with E-state index in [9.17, 15) is 4.79 Å². The second-order valence-corrected chi connectivity index (χ2v) is 6.37. The third kappa shape index (κ3) is 2.65. The average Bonchev–Trinajstić information content (AvgIpc) is 2.46. The average molecular weight is 273 g/mol. The molecule has 0 saturated carbocycles. The lowest BCUT2D eigenvalue weighted by atomic mass is 9.80. The molecule has 0 radical (unpaired) electrons. The van der Waals surface area contributed by atoms with Crippen LogP contribution in [0.5, 0.6) is 0 Å². The zero-order valence-electron chi connectivity index (χ0n) is 12.3. The molecule has 20 heavy (non-hydrogen) atoms. The second-order valence-electron chi connectivity index (χ2n) is 6.37. The molecule has 2 aliphatic heterocycles. The Labute approximate surface area is 120 Å². The van der Waals surface area contributed by atoms with E-state index in [1.807, 2.05) is 18.2 Å². The minimum Gasteiger partial charge on any atom is -0.378 e. The molecule has 3 nitrogen and oxygen atoms in total. The first-order valence-electron chi connectivity index (χ1n) is 7.62. The largest absolute Gasteiger partial charge is 0.378 e. The number of morpholine rings is 1. The van der Waals surface area contributed by atoms with Crippen molar-refractivity contribution in [3.05, 3.63) is 35.4 Å². The Hall–Kier alpha value is -1.19. The van der Waals surface area contributed by atoms with Crippen molar-refractivity contribution >= 4 is 5.78 Å². The lowest BCUT2D eigenvalue weighted by molar-refractivity contribution is 0.00950. The number of nitrogens with one attached hydrogen (secondary N) is 1. The van der Waals surface area contributed by atoms with Gasteiger partial charge in [-0.2, -0.15) is 0 Å². The van der Waals surface area contributed by atoms with Crippen LogP contribution in [0, 0.1) is 5.92 Å². The summed E-state index contributed by atoms with van der Waals surface area (Å²) in [6, 6.07) is 8.78. The molecule has 0 aliphatic carbocycles. The van der Waals surface area contributed by atoms with Crippen LogP contribution in [0.15, 0.2) is 24.3 Å². The highest BCUT2D eigenvalue weighted by molar-refractivity contribution is 5.99. The highest BCUT2D eigenvalue weighted by Gasteiger charge is 2.36. The Kier molecular flexibility index (Phi) is 3.90. The number of ketones is 1. The van der Waals surface area contributed by atoms with Gasteiger partial charge in [-0.15, -0.1) is 0 Å². The van der Waals surface area contributed by atoms with E-state index in [-0.39, 0.29) is 5.92 Å². The van der Waals surface area contributed by atoms with E-state index < -0.39 is 0 Å². The van der Waals surface area contributed by atoms with E-state index in [0.717, 1.165) is 31.6 Å². The number of carbonyl (C=O) groups excluding carboxylic acids is 1. The maximum atomic E-state index is 12.9. The lowest BCUT2D eigenvalue weighted by Crippen LogP contribution is -2.55. The molecule has 0 spiro atoms. The van der Waals surface area contributed by atoms with Crippen molar-refractivity contribution in [3.8, 4) is 0 Å². The van der Waals surface area contributed by atoms with Gasteiger partial charge in [-0.3, -0.25) is 4.79 Å². The number of piperidine rings is 1. The smallest absolute Gasteiger partial charge is 0.166 e. The van der Waals surface area contributed by atoms with Crippen molar-refractivity contribution in [2.75, 3.05) is 13.2 Å². The molecule has 108 valence electrons. The van der Waals surface area contributed by atoms with Crippen LogP contribution in [0.4, 0.5) is 0 Å². The predicted octanol–water partition coefficient (Wildman–Crippen LogP) is 2.76. The highest BCUT2D eigenvalue weighted by atomic mass is 16.5. The highest BCUT2D eigenvalue weighted by Crippen LogP contribution is 2.29. The Morgan fingerprint density at radius 1 is 1.20 bits per heavy atom. The van der Waals surface area contributed by atoms with Gasteiger partial charge in [0.1, 0.15) is 0 Å². The summed E-state index contributed by atoms with van der Waals surface area (Å²) in [6.07, 6.45) is 1.81. The molecular weight excluding hydrogens is 250 g/mol. The van der Waals surface area contributed by atoms with Crippen LogP contribution in [0.3, 0.4) is 0 Å². The van der Waals surface area contributed by atoms with Crippen molar-refractivity contribution in [3.63, 3.8) is 0 Å². The number of benzene rings is 1. The molecule has 1 N–H and O–H groups in total. The molecule has 2 unspecified atom stereocenters. The van der Waals surface area contributed by atoms with Crippen LogP contribution in [-0.2, 0) is 4.74 Å². The molecule has 2 heterocycles. The van der Waals surface area contributed by atoms with E-state index in [1.54, 1.807) is 0 Å². The molecule has 2 saturated heterocycles. The first-order chi connectivity index (χ1) is 9.65. The van der Waals surface area contributed by atoms with Gasteiger partial charge >= 0.3 is 0 Å². The molecule has 0 aromatic heterocycles. The molecule has 2 bridgehead atoms. The fourth-order valence-corrected chi connectivity index (χ4v) is 3.50. The number of Topliss-reactive ketones (excluding diaryl/α,β-unsaturated/α-hetero) is 1. The quantitative estimate of drug-likeness (QED) is 0.861. The lowest BCUT2D eigenvalue weighted by Gasteiger charge is -2.39. The van der Waals surface area contributed by atoms with Gasteiger partial charge < -0.3 is 10.1 Å². The van der Waals surface area contributed by atoms with Crippen molar-refractivity contribution in [2.45, 2.75) is 44.7 Å². The fourth-order valence-electron chi connectivity index (χ4n) is 3.50. The number of carbonyl (C=O) groups is 1. The van der Waals surface area contributed by atoms with Crippen molar-refractivity contribution in [2.24, 2.45) is 5.92 Å². The fraction of sp³-hybridized carbons (Fsp3) is 0.588. The van der Waals surface area contributed by atoms with Gasteiger partial charge in [-0.1, -0.05) is 38.1 Å². The summed E-state index contributed by atoms with van der Waals surface area (Å²) in [5.74, 6) is 0.863. The van der Waals surface area contributed by atoms with E-state index >= 15 is 0 Å². The first-order valence-corrected chi connectivity index (χ1v) is 7.62. The van der Waals surface area contributed by atoms with Crippen LogP contribution >= 0.6 is 0 Å². The van der Waals surface area contributed by atoms with Gasteiger partial charge in [-0.05, 0) is 24.3 Å². The molecule has 1 aromatic rings. The SMILES string of the molecule is CC(C)c1ccccc1C(=O)C1CC2COCC(C1)N2. The van der Waals surface area contributed by atoms with Gasteiger partial charge in [-0.25, -0.2) is 0 Å². The Morgan fingerprint density at radius 2 is 1.85 bits per heavy atom. The molecule has 1 aromatic carbocycles. The zero-order chi connectivity index (χ0) is 14.1. The van der Waals surface area contributed by atoms with Crippen LogP contribution in [0.2, 0.25) is 0 Å². The van der Waals surface area contributed by atoms with E-state index in [0.29, 0.717) is 23.8 Å². The predicted molar refractivity (Wildman–Crippen MR) is 79.1 cm³/mol. The zero-order valence-corrected chi connectivity index (χ0v) is 12.3. The number of hydrogen-bond acceptors (Lipinski definition) is 3. The van der Waals surface area contributed by atoms with Gasteiger partial charge in [0.25, 0.3) is 0 Å². The molecule has 2 atom stereocenters. The van der Waals surface area contributed by atoms with Crippen LogP contribution in [0.1, 0.15) is 48.5 Å². The summed E-state index contributed by atoms with van der Waals surface area (Å²) in [5, 5.41) is 3.55. The van der Waals surface area contributed by atoms with Crippen LogP contribution in [0.25, 0.3) is 0 Å². The van der Waals surface area contributed by atoms with Gasteiger partial charge in [0.2, 0.25) is 0 Å². The minimum absolute atomic E-state index is 0.148. The van der Waals surface area contributed by atoms with Gasteiger partial charge in [0, 0.05) is 23.6 Å². The van der Waals surface area contributed by atoms with Crippen molar-refractivity contribution in [1.82, 2.24) is 5.32 Å². The number of ether oxygens (including phenoxy) is 1. The van der Waals surface area contributed by atoms with E-state index in [4.69, 9.17) is 4.74 Å². The summed E-state index contributed by atoms with van der Waals surface area (Å²) >= 11 is 0. The third-order valence-corrected chi connectivity index (χ3v) is 4.47. The van der Waals surface area contributed by atoms with Gasteiger partial charge in [0.05, 0.1) is 13.2 Å². The minimum atomic E-state index is 0.148. The molecule has 3 heteroatoms. The maximum Gasteiger partial charge on any atom is 0.166 e. The third-order valence-electron chi connectivity index (χ3n) is 4.47. The molecule has 0 amide bonds. The topological polar surface area (TPSA) is 38.3 Å². The van der Waals surface area contributed by atoms with E-state index in [1.165, 1.54) is 5.56 Å². The Bertz CT molecular complexity index is 486. The first kappa shape index (κ1) is 13.8. The number of fused-ring (bicyclic) bond motifs is 2. The molecule has 3 rings (SSSR count). The molecule has 2 fully saturated rings. The standard InChI is InChI=1S/C17H23NO2/c1-11(2)15-5-3-4-6-16(15)17(19)12-7-13-9-20-10-14(8-12)18-13/h3-6,11-14,18H,7-10H2,1-2H3. The normalized spacial score (nSPS) is 29.4. The van der Waals surface area contributed by atoms with E-state index in [2.05, 4.69) is 25.2 Å². The Morgan fingerprint density at radius 3 is 2.50 bits per heavy atom. The number of hydrogen-bond donors (Lipinski definition) is 1.